The topological polar surface area (TPSA) is 24.9 Å². The minimum Gasteiger partial charge on any atom is -0.379 e. The molecule has 0 spiro atoms. The molecule has 4 heteroatoms. The summed E-state index contributed by atoms with van der Waals surface area (Å²) in [6.45, 7) is 5.04. The molecule has 0 amide bonds. The lowest BCUT2D eigenvalue weighted by Crippen LogP contribution is -1.99. The fourth-order valence-corrected chi connectivity index (χ4v) is 3.01. The molecule has 1 N–H and O–H groups in total. The highest BCUT2D eigenvalue weighted by Crippen LogP contribution is 2.28. The number of rotatable bonds is 3. The van der Waals surface area contributed by atoms with Gasteiger partial charge >= 0.3 is 0 Å². The summed E-state index contributed by atoms with van der Waals surface area (Å²) in [5.41, 5.74) is 3.62. The average Bonchev–Trinajstić information content (AvgIpc) is 2.57. The van der Waals surface area contributed by atoms with Crippen molar-refractivity contribution in [1.29, 1.82) is 0 Å². The molecule has 0 radical (unpaired) electrons. The normalized spacial score (nSPS) is 10.4. The van der Waals surface area contributed by atoms with Crippen LogP contribution < -0.4 is 5.32 Å². The Morgan fingerprint density at radius 1 is 1.38 bits per heavy atom. The highest BCUT2D eigenvalue weighted by molar-refractivity contribution is 9.11. The number of hydrogen-bond donors (Lipinski definition) is 1. The smallest absolute Gasteiger partial charge is 0.0731 e. The van der Waals surface area contributed by atoms with Gasteiger partial charge in [-0.2, -0.15) is 0 Å². The molecule has 2 aromatic heterocycles. The summed E-state index contributed by atoms with van der Waals surface area (Å²) in [4.78, 5) is 5.44. The lowest BCUT2D eigenvalue weighted by molar-refractivity contribution is 1.15. The lowest BCUT2D eigenvalue weighted by atomic mass is 10.2. The Labute approximate surface area is 108 Å². The maximum absolute atomic E-state index is 4.11. The summed E-state index contributed by atoms with van der Waals surface area (Å²) in [6, 6.07) is 4.21. The molecular weight excluding hydrogens is 284 g/mol. The van der Waals surface area contributed by atoms with Crippen molar-refractivity contribution in [3.05, 3.63) is 44.3 Å². The summed E-state index contributed by atoms with van der Waals surface area (Å²) in [7, 11) is 0. The van der Waals surface area contributed by atoms with Gasteiger partial charge in [0.05, 0.1) is 15.7 Å². The van der Waals surface area contributed by atoms with Crippen molar-refractivity contribution in [2.45, 2.75) is 20.4 Å². The zero-order valence-corrected chi connectivity index (χ0v) is 11.7. The molecule has 0 aliphatic carbocycles. The second-order valence-electron chi connectivity index (χ2n) is 3.71. The number of anilines is 1. The zero-order valence-electron chi connectivity index (χ0n) is 9.25. The van der Waals surface area contributed by atoms with E-state index in [-0.39, 0.29) is 0 Å². The van der Waals surface area contributed by atoms with E-state index in [2.05, 4.69) is 46.1 Å². The Bertz CT molecular complexity index is 474. The largest absolute Gasteiger partial charge is 0.379 e. The van der Waals surface area contributed by atoms with E-state index < -0.39 is 0 Å². The predicted molar refractivity (Wildman–Crippen MR) is 73.1 cm³/mol. The van der Waals surface area contributed by atoms with E-state index >= 15 is 0 Å². The van der Waals surface area contributed by atoms with Crippen LogP contribution in [0, 0.1) is 13.8 Å². The van der Waals surface area contributed by atoms with E-state index in [4.69, 9.17) is 0 Å². The van der Waals surface area contributed by atoms with Gasteiger partial charge in [0, 0.05) is 17.6 Å². The first kappa shape index (κ1) is 11.6. The third kappa shape index (κ3) is 2.62. The molecule has 0 aliphatic rings. The molecule has 0 aromatic carbocycles. The molecular formula is C12H13BrN2S. The lowest BCUT2D eigenvalue weighted by Gasteiger charge is -2.06. The van der Waals surface area contributed by atoms with E-state index in [0.717, 1.165) is 12.2 Å². The van der Waals surface area contributed by atoms with Crippen molar-refractivity contribution in [3.8, 4) is 0 Å². The van der Waals surface area contributed by atoms with Crippen LogP contribution in [0.2, 0.25) is 0 Å². The number of halogens is 1. The molecule has 0 unspecified atom stereocenters. The second-order valence-corrected chi connectivity index (χ2v) is 6.17. The van der Waals surface area contributed by atoms with Crippen molar-refractivity contribution in [2.75, 3.05) is 5.32 Å². The maximum Gasteiger partial charge on any atom is 0.0731 e. The van der Waals surface area contributed by atoms with Crippen LogP contribution in [0.4, 0.5) is 5.69 Å². The van der Waals surface area contributed by atoms with Crippen molar-refractivity contribution in [2.24, 2.45) is 0 Å². The van der Waals surface area contributed by atoms with E-state index in [1.54, 1.807) is 11.3 Å². The number of pyridine rings is 1. The number of nitrogens with zero attached hydrogens (tertiary/aromatic N) is 1. The summed E-state index contributed by atoms with van der Waals surface area (Å²) in [5.74, 6) is 0. The van der Waals surface area contributed by atoms with Gasteiger partial charge in [0.1, 0.15) is 0 Å². The number of aromatic nitrogens is 1. The number of nitrogens with one attached hydrogen (secondary N) is 1. The third-order valence-electron chi connectivity index (χ3n) is 2.40. The summed E-state index contributed by atoms with van der Waals surface area (Å²) in [6.07, 6.45) is 3.68. The molecule has 0 fully saturated rings. The minimum atomic E-state index is 0.851. The van der Waals surface area contributed by atoms with E-state index in [1.807, 2.05) is 18.5 Å². The first-order valence-corrected chi connectivity index (χ1v) is 6.67. The fourth-order valence-electron chi connectivity index (χ4n) is 1.44. The van der Waals surface area contributed by atoms with Gasteiger partial charge in [0.15, 0.2) is 0 Å². The van der Waals surface area contributed by atoms with Crippen LogP contribution >= 0.6 is 27.3 Å². The van der Waals surface area contributed by atoms with Gasteiger partial charge in [-0.05, 0) is 53.0 Å². The molecule has 16 heavy (non-hydrogen) atoms. The predicted octanol–water partition coefficient (Wildman–Crippen LogP) is 4.13. The van der Waals surface area contributed by atoms with Crippen LogP contribution in [-0.2, 0) is 6.54 Å². The Morgan fingerprint density at radius 3 is 2.81 bits per heavy atom. The molecule has 2 nitrogen and oxygen atoms in total. The Morgan fingerprint density at radius 2 is 2.19 bits per heavy atom. The zero-order chi connectivity index (χ0) is 11.5. The monoisotopic (exact) mass is 296 g/mol. The van der Waals surface area contributed by atoms with Crippen molar-refractivity contribution in [3.63, 3.8) is 0 Å². The van der Waals surface area contributed by atoms with Crippen molar-refractivity contribution in [1.82, 2.24) is 4.98 Å². The molecule has 2 rings (SSSR count). The maximum atomic E-state index is 4.11. The molecule has 0 aliphatic heterocycles. The van der Waals surface area contributed by atoms with Crippen LogP contribution in [0.25, 0.3) is 0 Å². The highest BCUT2D eigenvalue weighted by atomic mass is 79.9. The summed E-state index contributed by atoms with van der Waals surface area (Å²) in [5, 5.41) is 3.40. The fraction of sp³-hybridized carbons (Fsp3) is 0.250. The molecule has 2 aromatic rings. The van der Waals surface area contributed by atoms with Crippen molar-refractivity contribution < 1.29 is 0 Å². The van der Waals surface area contributed by atoms with E-state index in [1.165, 1.54) is 19.8 Å². The Balaban J connectivity index is 2.05. The molecule has 0 bridgehead atoms. The van der Waals surface area contributed by atoms with Crippen LogP contribution in [0.5, 0.6) is 0 Å². The first-order valence-electron chi connectivity index (χ1n) is 5.06. The van der Waals surface area contributed by atoms with Gasteiger partial charge in [-0.1, -0.05) is 0 Å². The average molecular weight is 297 g/mol. The van der Waals surface area contributed by atoms with E-state index in [0.29, 0.717) is 0 Å². The van der Waals surface area contributed by atoms with Gasteiger partial charge in [0.2, 0.25) is 0 Å². The van der Waals surface area contributed by atoms with Gasteiger partial charge < -0.3 is 5.32 Å². The quantitative estimate of drug-likeness (QED) is 0.921. The second kappa shape index (κ2) is 4.97. The molecule has 2 heterocycles. The van der Waals surface area contributed by atoms with Crippen LogP contribution in [-0.4, -0.2) is 4.98 Å². The van der Waals surface area contributed by atoms with E-state index in [9.17, 15) is 0 Å². The van der Waals surface area contributed by atoms with Crippen molar-refractivity contribution >= 4 is 33.0 Å². The summed E-state index contributed by atoms with van der Waals surface area (Å²) < 4.78 is 1.22. The number of aryl methyl sites for hydroxylation is 2. The standard InChI is InChI=1S/C12H13BrN2S/c1-8-3-4-14-7-11(8)15-6-10-5-9(2)12(13)16-10/h3-5,7,15H,6H2,1-2H3. The number of hydrogen-bond acceptors (Lipinski definition) is 3. The van der Waals surface area contributed by atoms with Gasteiger partial charge in [-0.15, -0.1) is 11.3 Å². The van der Waals surface area contributed by atoms with Gasteiger partial charge in [-0.3, -0.25) is 4.98 Å². The summed E-state index contributed by atoms with van der Waals surface area (Å²) >= 11 is 5.31. The first-order chi connectivity index (χ1) is 7.66. The van der Waals surface area contributed by atoms with Crippen LogP contribution in [0.3, 0.4) is 0 Å². The molecule has 0 saturated heterocycles. The highest BCUT2D eigenvalue weighted by Gasteiger charge is 2.03. The van der Waals surface area contributed by atoms with Crippen LogP contribution in [0.1, 0.15) is 16.0 Å². The van der Waals surface area contributed by atoms with Gasteiger partial charge in [0.25, 0.3) is 0 Å². The molecule has 0 saturated carbocycles. The SMILES string of the molecule is Cc1ccncc1NCc1cc(C)c(Br)s1. The molecule has 84 valence electrons. The van der Waals surface area contributed by atoms with Gasteiger partial charge in [-0.25, -0.2) is 0 Å². The minimum absolute atomic E-state index is 0.851. The Kier molecular flexibility index (Phi) is 3.61. The molecule has 0 atom stereocenters. The number of thiophene rings is 1. The van der Waals surface area contributed by atoms with Crippen LogP contribution in [0.15, 0.2) is 28.3 Å². The third-order valence-corrected chi connectivity index (χ3v) is 4.54. The Hall–Kier alpha value is -0.870.